The lowest BCUT2D eigenvalue weighted by atomic mass is 10.1. The molecule has 0 bridgehead atoms. The first kappa shape index (κ1) is 19.7. The van der Waals surface area contributed by atoms with Crippen molar-refractivity contribution in [2.75, 3.05) is 13.7 Å². The van der Waals surface area contributed by atoms with E-state index in [4.69, 9.17) is 4.74 Å². The smallest absolute Gasteiger partial charge is 0.269 e. The molecule has 28 heavy (non-hydrogen) atoms. The molecule has 0 aromatic heterocycles. The first-order valence-corrected chi connectivity index (χ1v) is 9.45. The molecule has 7 nitrogen and oxygen atoms in total. The largest absolute Gasteiger partial charge is 0.493 e. The van der Waals surface area contributed by atoms with Crippen molar-refractivity contribution >= 4 is 11.6 Å². The normalized spacial score (nSPS) is 13.9. The van der Waals surface area contributed by atoms with Crippen LogP contribution in [0.3, 0.4) is 0 Å². The van der Waals surface area contributed by atoms with Crippen molar-refractivity contribution in [2.45, 2.75) is 32.9 Å². The summed E-state index contributed by atoms with van der Waals surface area (Å²) in [6.07, 6.45) is 2.52. The average Bonchev–Trinajstić information content (AvgIpc) is 3.52. The molecule has 0 amide bonds. The Labute approximate surface area is 165 Å². The van der Waals surface area contributed by atoms with E-state index in [1.54, 1.807) is 19.2 Å². The molecule has 0 atom stereocenters. The second kappa shape index (κ2) is 9.21. The second-order valence-electron chi connectivity index (χ2n) is 7.07. The molecule has 0 spiro atoms. The Morgan fingerprint density at radius 1 is 1.21 bits per heavy atom. The standard InChI is InChI=1S/C21H26N4O3/c1-15-6-9-18(20(10-15)28-14-16-7-8-16)13-24-21(22-2)23-12-17-4-3-5-19(11-17)25(26)27/h3-6,9-11,16H,7-8,12-14H2,1-2H3,(H2,22,23,24). The van der Waals surface area contributed by atoms with E-state index >= 15 is 0 Å². The number of nitrogens with zero attached hydrogens (tertiary/aromatic N) is 2. The van der Waals surface area contributed by atoms with Crippen molar-refractivity contribution in [1.82, 2.24) is 10.6 Å². The minimum atomic E-state index is -0.392. The summed E-state index contributed by atoms with van der Waals surface area (Å²) in [5, 5.41) is 17.4. The summed E-state index contributed by atoms with van der Waals surface area (Å²) in [6.45, 7) is 3.85. The number of guanidine groups is 1. The highest BCUT2D eigenvalue weighted by atomic mass is 16.6. The van der Waals surface area contributed by atoms with Gasteiger partial charge in [0.05, 0.1) is 11.5 Å². The number of nitro groups is 1. The number of aliphatic imine (C=N–C) groups is 1. The van der Waals surface area contributed by atoms with Gasteiger partial charge in [0, 0.05) is 37.8 Å². The average molecular weight is 382 g/mol. The zero-order chi connectivity index (χ0) is 19.9. The molecule has 3 rings (SSSR count). The zero-order valence-corrected chi connectivity index (χ0v) is 16.3. The van der Waals surface area contributed by atoms with Gasteiger partial charge < -0.3 is 15.4 Å². The van der Waals surface area contributed by atoms with Crippen LogP contribution in [0.15, 0.2) is 47.5 Å². The van der Waals surface area contributed by atoms with Crippen LogP contribution in [0.5, 0.6) is 5.75 Å². The van der Waals surface area contributed by atoms with Crippen LogP contribution in [0.25, 0.3) is 0 Å². The molecule has 0 radical (unpaired) electrons. The molecule has 0 aliphatic heterocycles. The molecule has 0 heterocycles. The summed E-state index contributed by atoms with van der Waals surface area (Å²) < 4.78 is 6.01. The Hall–Kier alpha value is -3.09. The van der Waals surface area contributed by atoms with Crippen molar-refractivity contribution in [3.05, 3.63) is 69.3 Å². The van der Waals surface area contributed by atoms with Gasteiger partial charge in [-0.15, -0.1) is 0 Å². The quantitative estimate of drug-likeness (QED) is 0.315. The van der Waals surface area contributed by atoms with Crippen LogP contribution in [-0.4, -0.2) is 24.5 Å². The Morgan fingerprint density at radius 2 is 2.00 bits per heavy atom. The fourth-order valence-electron chi connectivity index (χ4n) is 2.80. The van der Waals surface area contributed by atoms with Crippen LogP contribution in [0.1, 0.15) is 29.5 Å². The van der Waals surface area contributed by atoms with Crippen molar-refractivity contribution in [1.29, 1.82) is 0 Å². The van der Waals surface area contributed by atoms with Gasteiger partial charge in [-0.25, -0.2) is 0 Å². The Balaban J connectivity index is 1.56. The Morgan fingerprint density at radius 3 is 2.71 bits per heavy atom. The van der Waals surface area contributed by atoms with Gasteiger partial charge in [0.15, 0.2) is 5.96 Å². The molecule has 0 unspecified atom stereocenters. The fourth-order valence-corrected chi connectivity index (χ4v) is 2.80. The van der Waals surface area contributed by atoms with Gasteiger partial charge in [0.25, 0.3) is 5.69 Å². The van der Waals surface area contributed by atoms with E-state index < -0.39 is 4.92 Å². The lowest BCUT2D eigenvalue weighted by molar-refractivity contribution is -0.384. The number of ether oxygens (including phenoxy) is 1. The maximum Gasteiger partial charge on any atom is 0.269 e. The first-order valence-electron chi connectivity index (χ1n) is 9.45. The first-order chi connectivity index (χ1) is 13.5. The number of non-ortho nitro benzene ring substituents is 1. The van der Waals surface area contributed by atoms with E-state index in [2.05, 4.69) is 40.7 Å². The van der Waals surface area contributed by atoms with Gasteiger partial charge in [-0.05, 0) is 42.9 Å². The van der Waals surface area contributed by atoms with E-state index in [1.165, 1.54) is 24.5 Å². The lowest BCUT2D eigenvalue weighted by Gasteiger charge is -2.15. The van der Waals surface area contributed by atoms with E-state index in [0.29, 0.717) is 25.0 Å². The molecule has 2 aromatic carbocycles. The van der Waals surface area contributed by atoms with Crippen LogP contribution in [0.2, 0.25) is 0 Å². The van der Waals surface area contributed by atoms with Crippen molar-refractivity contribution < 1.29 is 9.66 Å². The maximum absolute atomic E-state index is 10.9. The molecule has 1 fully saturated rings. The number of benzene rings is 2. The number of rotatable bonds is 8. The second-order valence-corrected chi connectivity index (χ2v) is 7.07. The van der Waals surface area contributed by atoms with Crippen LogP contribution in [-0.2, 0) is 13.1 Å². The van der Waals surface area contributed by atoms with Crippen molar-refractivity contribution in [3.63, 3.8) is 0 Å². The van der Waals surface area contributed by atoms with Gasteiger partial charge in [-0.1, -0.05) is 24.3 Å². The number of nitrogens with one attached hydrogen (secondary N) is 2. The summed E-state index contributed by atoms with van der Waals surface area (Å²) >= 11 is 0. The summed E-state index contributed by atoms with van der Waals surface area (Å²) in [4.78, 5) is 14.7. The third kappa shape index (κ3) is 5.70. The monoisotopic (exact) mass is 382 g/mol. The van der Waals surface area contributed by atoms with Crippen molar-refractivity contribution in [2.24, 2.45) is 10.9 Å². The predicted molar refractivity (Wildman–Crippen MR) is 110 cm³/mol. The molecule has 0 saturated heterocycles. The molecular formula is C21H26N4O3. The number of hydrogen-bond donors (Lipinski definition) is 2. The van der Waals surface area contributed by atoms with Crippen LogP contribution in [0.4, 0.5) is 5.69 Å². The van der Waals surface area contributed by atoms with Crippen LogP contribution >= 0.6 is 0 Å². The van der Waals surface area contributed by atoms with E-state index in [-0.39, 0.29) is 5.69 Å². The molecule has 1 saturated carbocycles. The van der Waals surface area contributed by atoms with E-state index in [1.807, 2.05) is 6.07 Å². The zero-order valence-electron chi connectivity index (χ0n) is 16.3. The predicted octanol–water partition coefficient (Wildman–Crippen LogP) is 3.56. The number of hydrogen-bond acceptors (Lipinski definition) is 4. The fraction of sp³-hybridized carbons (Fsp3) is 0.381. The molecule has 7 heteroatoms. The van der Waals surface area contributed by atoms with Crippen LogP contribution in [0, 0.1) is 23.0 Å². The third-order valence-corrected chi connectivity index (χ3v) is 4.65. The number of nitro benzene ring substituents is 1. The molecular weight excluding hydrogens is 356 g/mol. The van der Waals surface area contributed by atoms with Gasteiger partial charge in [-0.3, -0.25) is 15.1 Å². The lowest BCUT2D eigenvalue weighted by Crippen LogP contribution is -2.36. The highest BCUT2D eigenvalue weighted by Crippen LogP contribution is 2.30. The van der Waals surface area contributed by atoms with E-state index in [0.717, 1.165) is 23.5 Å². The number of aryl methyl sites for hydroxylation is 1. The highest BCUT2D eigenvalue weighted by molar-refractivity contribution is 5.79. The SMILES string of the molecule is CN=C(NCc1cccc([N+](=O)[O-])c1)NCc1ccc(C)cc1OCC1CC1. The highest BCUT2D eigenvalue weighted by Gasteiger charge is 2.22. The Bertz CT molecular complexity index is 862. The molecule has 1 aliphatic carbocycles. The topological polar surface area (TPSA) is 88.8 Å². The molecule has 2 N–H and O–H groups in total. The van der Waals surface area contributed by atoms with Gasteiger partial charge in [0.1, 0.15) is 5.75 Å². The maximum atomic E-state index is 10.9. The third-order valence-electron chi connectivity index (χ3n) is 4.65. The summed E-state index contributed by atoms with van der Waals surface area (Å²) in [5.74, 6) is 2.24. The minimum Gasteiger partial charge on any atom is -0.493 e. The van der Waals surface area contributed by atoms with Crippen LogP contribution < -0.4 is 15.4 Å². The van der Waals surface area contributed by atoms with Gasteiger partial charge in [-0.2, -0.15) is 0 Å². The summed E-state index contributed by atoms with van der Waals surface area (Å²) in [5.41, 5.74) is 3.15. The molecule has 2 aromatic rings. The van der Waals surface area contributed by atoms with Gasteiger partial charge in [0.2, 0.25) is 0 Å². The van der Waals surface area contributed by atoms with Crippen molar-refractivity contribution in [3.8, 4) is 5.75 Å². The Kier molecular flexibility index (Phi) is 6.47. The summed E-state index contributed by atoms with van der Waals surface area (Å²) in [7, 11) is 1.70. The summed E-state index contributed by atoms with van der Waals surface area (Å²) in [6, 6.07) is 12.8. The molecule has 1 aliphatic rings. The molecule has 148 valence electrons. The van der Waals surface area contributed by atoms with Gasteiger partial charge >= 0.3 is 0 Å². The van der Waals surface area contributed by atoms with E-state index in [9.17, 15) is 10.1 Å². The minimum absolute atomic E-state index is 0.0827.